The average molecular weight is 853 g/mol. The number of hydrogen-bond donors (Lipinski definition) is 1. The van der Waals surface area contributed by atoms with Crippen LogP contribution < -0.4 is 14.0 Å². The summed E-state index contributed by atoms with van der Waals surface area (Å²) in [5.74, 6) is -0.377. The van der Waals surface area contributed by atoms with Crippen LogP contribution in [0, 0.1) is 58.6 Å². The van der Waals surface area contributed by atoms with Gasteiger partial charge in [-0.1, -0.05) is 0 Å². The summed E-state index contributed by atoms with van der Waals surface area (Å²) in [6, 6.07) is 39.3. The quantitative estimate of drug-likeness (QED) is 0.0749. The van der Waals surface area contributed by atoms with Gasteiger partial charge in [-0.2, -0.15) is 0 Å². The Morgan fingerprint density at radius 3 is 1.76 bits per heavy atom. The second-order valence-corrected chi connectivity index (χ2v) is 19.2. The fourth-order valence-electron chi connectivity index (χ4n) is 8.55. The Morgan fingerprint density at radius 2 is 1.21 bits per heavy atom. The fourth-order valence-corrected chi connectivity index (χ4v) is 14.2. The van der Waals surface area contributed by atoms with Crippen LogP contribution in [0.25, 0.3) is 5.57 Å². The Kier molecular flexibility index (Phi) is 10.5. The van der Waals surface area contributed by atoms with Crippen LogP contribution in [0.4, 0.5) is 22.7 Å². The molecule has 1 aliphatic heterocycles. The number of nitro benzene ring substituents is 1. The summed E-state index contributed by atoms with van der Waals surface area (Å²) in [5.41, 5.74) is 15.9. The van der Waals surface area contributed by atoms with Crippen LogP contribution >= 0.6 is 0 Å². The number of phenols is 1. The van der Waals surface area contributed by atoms with Gasteiger partial charge in [-0.25, -0.2) is 0 Å². The monoisotopic (exact) mass is 853 g/mol. The van der Waals surface area contributed by atoms with Gasteiger partial charge in [-0.3, -0.25) is 0 Å². The Balaban J connectivity index is 1.59. The number of aromatic hydroxyl groups is 1. The summed E-state index contributed by atoms with van der Waals surface area (Å²) in [6.07, 6.45) is 3.99. The zero-order valence-electron chi connectivity index (χ0n) is 33.9. The van der Waals surface area contributed by atoms with Gasteiger partial charge in [0.25, 0.3) is 0 Å². The number of nitrogens with zero attached hydrogens (tertiary/aromatic N) is 4. The molecule has 6 aromatic carbocycles. The number of benzene rings is 6. The number of allylic oxidation sites excluding steroid dienone is 1. The Morgan fingerprint density at radius 1 is 0.672 bits per heavy atom. The van der Waals surface area contributed by atoms with Gasteiger partial charge >= 0.3 is 347 Å². The number of aryl methyl sites for hydroxylation is 7. The summed E-state index contributed by atoms with van der Waals surface area (Å²) in [5, 5.41) is 24.6. The van der Waals surface area contributed by atoms with Crippen LogP contribution in [-0.4, -0.2) is 37.8 Å². The molecule has 1 aliphatic carbocycles. The van der Waals surface area contributed by atoms with Gasteiger partial charge in [0.15, 0.2) is 0 Å². The molecule has 8 heteroatoms. The summed E-state index contributed by atoms with van der Waals surface area (Å²) in [6.45, 7) is 16.6. The van der Waals surface area contributed by atoms with Crippen molar-refractivity contribution < 1.29 is 25.1 Å². The molecule has 2 aliphatic rings. The van der Waals surface area contributed by atoms with Crippen LogP contribution in [0.1, 0.15) is 61.2 Å². The van der Waals surface area contributed by atoms with Crippen molar-refractivity contribution in [3.8, 4) is 5.75 Å². The van der Waals surface area contributed by atoms with Crippen LogP contribution in [0.15, 0.2) is 126 Å². The van der Waals surface area contributed by atoms with E-state index in [9.17, 15) is 15.2 Å². The Hall–Kier alpha value is -6.11. The van der Waals surface area contributed by atoms with Gasteiger partial charge in [-0.15, -0.1) is 0 Å². The van der Waals surface area contributed by atoms with E-state index in [4.69, 9.17) is 4.99 Å². The van der Waals surface area contributed by atoms with Gasteiger partial charge in [0.05, 0.1) is 0 Å². The first-order valence-electron chi connectivity index (χ1n) is 19.5. The number of aliphatic imine (C=N–C) groups is 1. The van der Waals surface area contributed by atoms with Gasteiger partial charge in [0.2, 0.25) is 0 Å². The Bertz CT molecular complexity index is 2680. The molecule has 1 heterocycles. The number of rotatable bonds is 7. The molecule has 6 aromatic rings. The summed E-state index contributed by atoms with van der Waals surface area (Å²) >= 11 is -2.85. The first-order valence-corrected chi connectivity index (χ1v) is 22.1. The Labute approximate surface area is 345 Å². The molecule has 1 N–H and O–H groups in total. The SMILES string of the molecule is Cc1ccc(N=Cc2[c](/[Ru](=[C]3N(c4c(C)cc(C)cc4C)CCN3c3c(C)cc(C)cc3C)=[C]3/C=C(c4ccccc4)c4ccccc43)ccc([N+](=O)[O-])c2O)cc1. The molecule has 0 aromatic heterocycles. The van der Waals surface area contributed by atoms with Gasteiger partial charge in [-0.05, 0) is 0 Å². The molecule has 0 saturated carbocycles. The first-order chi connectivity index (χ1) is 27.9. The van der Waals surface area contributed by atoms with E-state index in [1.807, 2.05) is 43.3 Å². The molecule has 7 nitrogen and oxygen atoms in total. The molecule has 1 saturated heterocycles. The number of fused-ring (bicyclic) bond motifs is 1. The van der Waals surface area contributed by atoms with Crippen molar-refractivity contribution in [2.45, 2.75) is 48.5 Å². The molecule has 293 valence electrons. The fraction of sp³-hybridized carbons (Fsp3) is 0.180. The maximum atomic E-state index is 12.5. The molecular formula is C50H47N4O3Ru. The van der Waals surface area contributed by atoms with Crippen LogP contribution in [0.5, 0.6) is 5.75 Å². The van der Waals surface area contributed by atoms with E-state index in [-0.39, 0.29) is 11.4 Å². The van der Waals surface area contributed by atoms with Crippen molar-refractivity contribution in [2.75, 3.05) is 22.9 Å². The van der Waals surface area contributed by atoms with E-state index >= 15 is 0 Å². The van der Waals surface area contributed by atoms with Crippen LogP contribution in [0.3, 0.4) is 0 Å². The molecule has 58 heavy (non-hydrogen) atoms. The predicted molar refractivity (Wildman–Crippen MR) is 238 cm³/mol. The molecule has 0 atom stereocenters. The summed E-state index contributed by atoms with van der Waals surface area (Å²) < 4.78 is 3.19. The van der Waals surface area contributed by atoms with E-state index in [0.29, 0.717) is 11.3 Å². The second-order valence-electron chi connectivity index (χ2n) is 15.3. The minimum atomic E-state index is -2.85. The van der Waals surface area contributed by atoms with Crippen molar-refractivity contribution in [2.24, 2.45) is 4.99 Å². The molecule has 0 radical (unpaired) electrons. The van der Waals surface area contributed by atoms with Gasteiger partial charge in [0.1, 0.15) is 0 Å². The molecule has 8 rings (SSSR count). The van der Waals surface area contributed by atoms with Crippen molar-refractivity contribution >= 4 is 47.2 Å². The second kappa shape index (κ2) is 15.7. The van der Waals surface area contributed by atoms with Crippen molar-refractivity contribution in [3.05, 3.63) is 193 Å². The summed E-state index contributed by atoms with van der Waals surface area (Å²) in [7, 11) is 0. The van der Waals surface area contributed by atoms with Crippen molar-refractivity contribution in [1.82, 2.24) is 0 Å². The number of hydrogen-bond acceptors (Lipinski definition) is 6. The normalized spacial score (nSPS) is 15.0. The topological polar surface area (TPSA) is 82.2 Å². The van der Waals surface area contributed by atoms with Gasteiger partial charge in [0, 0.05) is 0 Å². The summed E-state index contributed by atoms with van der Waals surface area (Å²) in [4.78, 5) is 21.9. The predicted octanol–water partition coefficient (Wildman–Crippen LogP) is 10.2. The third-order valence-corrected chi connectivity index (χ3v) is 15.9. The standard InChI is InChI=1S/C21H26N2.C15H10.C14H11N2O3.Ru/c1-14-9-16(3)20(17(4)10-14)22-7-8-23(13-22)21-18(5)11-15(2)12-19(21)6;1-2-6-12(7-3-1)15-11-10-13-8-4-5-9-14(13)15;1-10-5-7-12(8-6-10)15-9-11-3-2-4-13(14(11)17)16(18)19;/h9-12H,7-8H2,1-6H3;1-9,11H;2,4-9,17H,1H3;. The van der Waals surface area contributed by atoms with Crippen molar-refractivity contribution in [1.29, 1.82) is 0 Å². The van der Waals surface area contributed by atoms with Gasteiger partial charge < -0.3 is 0 Å². The minimum absolute atomic E-state index is 0.347. The van der Waals surface area contributed by atoms with Crippen LogP contribution in [0.2, 0.25) is 0 Å². The average Bonchev–Trinajstić information content (AvgIpc) is 3.77. The van der Waals surface area contributed by atoms with E-state index in [1.165, 1.54) is 54.9 Å². The molecular weight excluding hydrogens is 806 g/mol. The number of anilines is 2. The molecule has 0 spiro atoms. The van der Waals surface area contributed by atoms with Crippen molar-refractivity contribution in [3.63, 3.8) is 0 Å². The van der Waals surface area contributed by atoms with E-state index < -0.39 is 20.0 Å². The molecule has 0 unspecified atom stereocenters. The first kappa shape index (κ1) is 38.8. The third kappa shape index (κ3) is 7.07. The van der Waals surface area contributed by atoms with Crippen LogP contribution in [-0.2, 0) is 15.0 Å². The number of phenolic OH excluding ortho intramolecular Hbond substituents is 1. The van der Waals surface area contributed by atoms with E-state index in [0.717, 1.165) is 49.4 Å². The third-order valence-electron chi connectivity index (χ3n) is 10.9. The van der Waals surface area contributed by atoms with E-state index in [2.05, 4.69) is 130 Å². The molecule has 0 amide bonds. The van der Waals surface area contributed by atoms with E-state index in [1.54, 1.807) is 6.21 Å². The molecule has 1 fully saturated rings. The molecule has 0 bridgehead atoms. The number of nitro groups is 1. The maximum absolute atomic E-state index is 12.5. The zero-order valence-corrected chi connectivity index (χ0v) is 35.7. The zero-order chi connectivity index (χ0) is 40.8.